The van der Waals surface area contributed by atoms with E-state index in [1.54, 1.807) is 30.3 Å². The fourth-order valence-corrected chi connectivity index (χ4v) is 3.21. The first kappa shape index (κ1) is 14.1. The molecule has 0 spiro atoms. The summed E-state index contributed by atoms with van der Waals surface area (Å²) < 4.78 is 23.8. The molecule has 0 aliphatic heterocycles. The molecule has 108 valence electrons. The molecule has 0 aliphatic carbocycles. The van der Waals surface area contributed by atoms with Gasteiger partial charge in [-0.3, -0.25) is 0 Å². The van der Waals surface area contributed by atoms with Gasteiger partial charge < -0.3 is 10.7 Å². The molecule has 7 heteroatoms. The first-order valence-corrected chi connectivity index (χ1v) is 8.78. The van der Waals surface area contributed by atoms with Gasteiger partial charge in [-0.25, -0.2) is 13.4 Å². The fraction of sp³-hybridized carbons (Fsp3) is 0.0714. The number of rotatable bonds is 2. The van der Waals surface area contributed by atoms with Crippen molar-refractivity contribution >= 4 is 42.5 Å². The number of aromatic amines is 1. The van der Waals surface area contributed by atoms with E-state index in [1.165, 1.54) is 6.26 Å². The van der Waals surface area contributed by atoms with E-state index in [0.717, 1.165) is 15.6 Å². The largest absolute Gasteiger partial charge is 0.397 e. The van der Waals surface area contributed by atoms with Gasteiger partial charge in [0.25, 0.3) is 0 Å². The number of sulfone groups is 1. The van der Waals surface area contributed by atoms with Crippen LogP contribution >= 0.6 is 15.9 Å². The van der Waals surface area contributed by atoms with Crippen molar-refractivity contribution in [3.63, 3.8) is 0 Å². The highest BCUT2D eigenvalue weighted by Gasteiger charge is 2.11. The molecule has 0 amide bonds. The molecule has 0 radical (unpaired) electrons. The molecule has 1 heterocycles. The van der Waals surface area contributed by atoms with Crippen molar-refractivity contribution < 1.29 is 8.42 Å². The van der Waals surface area contributed by atoms with Crippen molar-refractivity contribution in [1.82, 2.24) is 9.97 Å². The second kappa shape index (κ2) is 4.85. The summed E-state index contributed by atoms with van der Waals surface area (Å²) in [5.74, 6) is 0.648. The van der Waals surface area contributed by atoms with E-state index in [4.69, 9.17) is 5.73 Å². The van der Waals surface area contributed by atoms with Crippen molar-refractivity contribution in [2.24, 2.45) is 0 Å². The molecule has 3 N–H and O–H groups in total. The van der Waals surface area contributed by atoms with Gasteiger partial charge in [0.2, 0.25) is 0 Å². The molecule has 3 aromatic rings. The monoisotopic (exact) mass is 365 g/mol. The maximum atomic E-state index is 11.5. The van der Waals surface area contributed by atoms with Crippen LogP contribution in [0.4, 0.5) is 5.69 Å². The van der Waals surface area contributed by atoms with Crippen molar-refractivity contribution in [3.8, 4) is 11.4 Å². The predicted octanol–water partition coefficient (Wildman–Crippen LogP) is 2.98. The van der Waals surface area contributed by atoms with Crippen LogP contribution in [0.15, 0.2) is 45.8 Å². The fourth-order valence-electron chi connectivity index (χ4n) is 2.10. The predicted molar refractivity (Wildman–Crippen MR) is 86.8 cm³/mol. The lowest BCUT2D eigenvalue weighted by molar-refractivity contribution is 0.602. The Morgan fingerprint density at radius 1 is 1.19 bits per heavy atom. The van der Waals surface area contributed by atoms with Crippen LogP contribution in [0.3, 0.4) is 0 Å². The van der Waals surface area contributed by atoms with E-state index >= 15 is 0 Å². The first-order valence-electron chi connectivity index (χ1n) is 6.10. The zero-order chi connectivity index (χ0) is 15.2. The quantitative estimate of drug-likeness (QED) is 0.683. The highest BCUT2D eigenvalue weighted by molar-refractivity contribution is 9.10. The third-order valence-corrected chi connectivity index (χ3v) is 4.72. The lowest BCUT2D eigenvalue weighted by Crippen LogP contribution is -1.96. The van der Waals surface area contributed by atoms with Gasteiger partial charge in [0, 0.05) is 16.3 Å². The molecule has 0 bridgehead atoms. The van der Waals surface area contributed by atoms with E-state index in [2.05, 4.69) is 25.9 Å². The Morgan fingerprint density at radius 3 is 2.48 bits per heavy atom. The number of hydrogen-bond donors (Lipinski definition) is 2. The number of H-pyrrole nitrogens is 1. The van der Waals surface area contributed by atoms with Crippen LogP contribution in [0.2, 0.25) is 0 Å². The van der Waals surface area contributed by atoms with E-state index in [-0.39, 0.29) is 4.90 Å². The molecule has 1 aromatic heterocycles. The van der Waals surface area contributed by atoms with Crippen molar-refractivity contribution in [2.45, 2.75) is 4.90 Å². The Hall–Kier alpha value is -1.86. The molecule has 0 saturated carbocycles. The van der Waals surface area contributed by atoms with E-state index in [0.29, 0.717) is 17.0 Å². The SMILES string of the molecule is CS(=O)(=O)c1ccc(-c2nc3c(N)cc(Br)cc3[nH]2)cc1. The number of anilines is 1. The lowest BCUT2D eigenvalue weighted by atomic mass is 10.2. The number of halogens is 1. The summed E-state index contributed by atoms with van der Waals surface area (Å²) in [6, 6.07) is 10.3. The average Bonchev–Trinajstić information content (AvgIpc) is 2.82. The number of benzene rings is 2. The molecule has 3 rings (SSSR count). The van der Waals surface area contributed by atoms with E-state index < -0.39 is 9.84 Å². The molecular formula is C14H12BrN3O2S. The Balaban J connectivity index is 2.10. The van der Waals surface area contributed by atoms with Crippen LogP contribution in [0.25, 0.3) is 22.4 Å². The molecular weight excluding hydrogens is 354 g/mol. The van der Waals surface area contributed by atoms with Gasteiger partial charge in [0.1, 0.15) is 11.3 Å². The van der Waals surface area contributed by atoms with Gasteiger partial charge in [0.15, 0.2) is 9.84 Å². The number of aromatic nitrogens is 2. The Bertz CT molecular complexity index is 931. The number of nitrogen functional groups attached to an aromatic ring is 1. The zero-order valence-electron chi connectivity index (χ0n) is 11.1. The maximum Gasteiger partial charge on any atom is 0.175 e. The Kier molecular flexibility index (Phi) is 3.26. The van der Waals surface area contributed by atoms with Crippen LogP contribution in [0.1, 0.15) is 0 Å². The third-order valence-electron chi connectivity index (χ3n) is 3.14. The van der Waals surface area contributed by atoms with E-state index in [9.17, 15) is 8.42 Å². The summed E-state index contributed by atoms with van der Waals surface area (Å²) >= 11 is 3.39. The summed E-state index contributed by atoms with van der Waals surface area (Å²) in [6.07, 6.45) is 1.18. The standard InChI is InChI=1S/C14H12BrN3O2S/c1-21(19,20)10-4-2-8(3-5-10)14-17-12-7-9(15)6-11(16)13(12)18-14/h2-7H,16H2,1H3,(H,17,18). The van der Waals surface area contributed by atoms with Crippen LogP contribution < -0.4 is 5.73 Å². The molecule has 5 nitrogen and oxygen atoms in total. The summed E-state index contributed by atoms with van der Waals surface area (Å²) in [7, 11) is -3.20. The summed E-state index contributed by atoms with van der Waals surface area (Å²) in [5, 5.41) is 0. The number of imidazole rings is 1. The van der Waals surface area contributed by atoms with Gasteiger partial charge in [-0.1, -0.05) is 15.9 Å². The van der Waals surface area contributed by atoms with Gasteiger partial charge in [-0.15, -0.1) is 0 Å². The van der Waals surface area contributed by atoms with Crippen LogP contribution in [0, 0.1) is 0 Å². The van der Waals surface area contributed by atoms with Gasteiger partial charge in [0.05, 0.1) is 16.1 Å². The number of hydrogen-bond acceptors (Lipinski definition) is 4. The molecule has 0 fully saturated rings. The minimum atomic E-state index is -3.20. The minimum absolute atomic E-state index is 0.282. The summed E-state index contributed by atoms with van der Waals surface area (Å²) in [6.45, 7) is 0. The van der Waals surface area contributed by atoms with Gasteiger partial charge in [-0.05, 0) is 36.4 Å². The number of nitrogens with two attached hydrogens (primary N) is 1. The second-order valence-corrected chi connectivity index (χ2v) is 7.70. The van der Waals surface area contributed by atoms with Gasteiger partial charge in [-0.2, -0.15) is 0 Å². The summed E-state index contributed by atoms with van der Waals surface area (Å²) in [4.78, 5) is 7.93. The molecule has 21 heavy (non-hydrogen) atoms. The molecule has 0 aliphatic rings. The molecule has 0 atom stereocenters. The Morgan fingerprint density at radius 2 is 1.86 bits per heavy atom. The number of nitrogens with one attached hydrogen (secondary N) is 1. The molecule has 0 saturated heterocycles. The first-order chi connectivity index (χ1) is 9.84. The normalized spacial score (nSPS) is 11.9. The number of fused-ring (bicyclic) bond motifs is 1. The second-order valence-electron chi connectivity index (χ2n) is 4.77. The highest BCUT2D eigenvalue weighted by atomic mass is 79.9. The molecule has 0 unspecified atom stereocenters. The minimum Gasteiger partial charge on any atom is -0.397 e. The summed E-state index contributed by atoms with van der Waals surface area (Å²) in [5.41, 5.74) is 8.83. The smallest absolute Gasteiger partial charge is 0.175 e. The lowest BCUT2D eigenvalue weighted by Gasteiger charge is -2.00. The van der Waals surface area contributed by atoms with Gasteiger partial charge >= 0.3 is 0 Å². The third kappa shape index (κ3) is 2.66. The van der Waals surface area contributed by atoms with Crippen LogP contribution in [-0.4, -0.2) is 24.6 Å². The van der Waals surface area contributed by atoms with Crippen molar-refractivity contribution in [2.75, 3.05) is 12.0 Å². The zero-order valence-corrected chi connectivity index (χ0v) is 13.5. The Labute approximate surface area is 130 Å². The van der Waals surface area contributed by atoms with Crippen LogP contribution in [-0.2, 0) is 9.84 Å². The maximum absolute atomic E-state index is 11.5. The van der Waals surface area contributed by atoms with Crippen molar-refractivity contribution in [3.05, 3.63) is 40.9 Å². The highest BCUT2D eigenvalue weighted by Crippen LogP contribution is 2.28. The number of nitrogens with zero attached hydrogens (tertiary/aromatic N) is 1. The van der Waals surface area contributed by atoms with Crippen LogP contribution in [0.5, 0.6) is 0 Å². The molecule has 2 aromatic carbocycles. The van der Waals surface area contributed by atoms with E-state index in [1.807, 2.05) is 6.07 Å². The average molecular weight is 366 g/mol. The topological polar surface area (TPSA) is 88.8 Å². The van der Waals surface area contributed by atoms with Crippen molar-refractivity contribution in [1.29, 1.82) is 0 Å².